The summed E-state index contributed by atoms with van der Waals surface area (Å²) in [5, 5.41) is 2.72. The number of carbonyl (C=O) groups excluding carboxylic acids is 1. The van der Waals surface area contributed by atoms with Gasteiger partial charge in [-0.1, -0.05) is 36.8 Å². The summed E-state index contributed by atoms with van der Waals surface area (Å²) in [7, 11) is 1.68. The van der Waals surface area contributed by atoms with Gasteiger partial charge in [-0.2, -0.15) is 0 Å². The van der Waals surface area contributed by atoms with Crippen molar-refractivity contribution in [2.24, 2.45) is 11.8 Å². The van der Waals surface area contributed by atoms with Crippen LogP contribution in [-0.4, -0.2) is 54.6 Å². The summed E-state index contributed by atoms with van der Waals surface area (Å²) in [4.78, 5) is 22.0. The maximum atomic E-state index is 12.1. The Morgan fingerprint density at radius 1 is 1.13 bits per heavy atom. The maximum absolute atomic E-state index is 12.1. The third-order valence-electron chi connectivity index (χ3n) is 7.39. The van der Waals surface area contributed by atoms with Crippen LogP contribution in [0.5, 0.6) is 0 Å². The van der Waals surface area contributed by atoms with Crippen LogP contribution in [0, 0.1) is 11.8 Å². The highest BCUT2D eigenvalue weighted by Gasteiger charge is 2.44. The van der Waals surface area contributed by atoms with Gasteiger partial charge in [0.05, 0.1) is 0 Å². The fourth-order valence-electron chi connectivity index (χ4n) is 6.08. The van der Waals surface area contributed by atoms with Gasteiger partial charge in [-0.3, -0.25) is 9.69 Å². The minimum absolute atomic E-state index is 0.0435. The molecule has 5 rings (SSSR count). The summed E-state index contributed by atoms with van der Waals surface area (Å²) in [6.07, 6.45) is 8.27. The van der Waals surface area contributed by atoms with Crippen molar-refractivity contribution in [1.29, 1.82) is 0 Å². The fraction of sp³-hybridized carbons (Fsp3) is 0.520. The van der Waals surface area contributed by atoms with Gasteiger partial charge in [0.25, 0.3) is 5.91 Å². The highest BCUT2D eigenvalue weighted by Crippen LogP contribution is 2.41. The largest absolute Gasteiger partial charge is 0.356 e. The van der Waals surface area contributed by atoms with Crippen molar-refractivity contribution in [1.82, 2.24) is 15.2 Å². The fourth-order valence-corrected chi connectivity index (χ4v) is 6.08. The molecule has 0 saturated carbocycles. The lowest BCUT2D eigenvalue weighted by Gasteiger charge is -2.55. The first kappa shape index (κ1) is 19.6. The van der Waals surface area contributed by atoms with E-state index < -0.39 is 0 Å². The number of anilines is 1. The molecule has 2 aromatic rings. The molecule has 4 atom stereocenters. The number of carbonyl (C=O) groups is 1. The first-order valence-corrected chi connectivity index (χ1v) is 11.4. The van der Waals surface area contributed by atoms with E-state index in [1.807, 2.05) is 6.07 Å². The molecule has 2 bridgehead atoms. The smallest absolute Gasteiger partial charge is 0.251 e. The standard InChI is InChI=1S/C25H32N4O/c1-26-25(30)20-10-11-27-24(14-20)28-15-19-12-21(17-28)23-9-5-8-22(29(23)16-19)13-18-6-3-2-4-7-18/h2-4,6-7,10-11,14,19,21-23H,5,8-9,12-13,15-17H2,1H3,(H,26,30)/t19-,21+,22+,23-/m0/s1. The molecular weight excluding hydrogens is 372 g/mol. The monoisotopic (exact) mass is 404 g/mol. The van der Waals surface area contributed by atoms with Crippen molar-refractivity contribution >= 4 is 11.7 Å². The number of hydrogen-bond donors (Lipinski definition) is 1. The van der Waals surface area contributed by atoms with Gasteiger partial charge in [-0.15, -0.1) is 0 Å². The number of piperidine rings is 3. The van der Waals surface area contributed by atoms with Crippen LogP contribution in [0.25, 0.3) is 0 Å². The lowest BCUT2D eigenvalue weighted by Crippen LogP contribution is -2.62. The van der Waals surface area contributed by atoms with E-state index in [2.05, 4.69) is 50.4 Å². The quantitative estimate of drug-likeness (QED) is 0.849. The Balaban J connectivity index is 1.32. The van der Waals surface area contributed by atoms with Crippen LogP contribution in [0.1, 0.15) is 41.6 Å². The Hall–Kier alpha value is -2.40. The Labute approximate surface area is 179 Å². The van der Waals surface area contributed by atoms with E-state index in [4.69, 9.17) is 0 Å². The molecule has 30 heavy (non-hydrogen) atoms. The number of amides is 1. The van der Waals surface area contributed by atoms with E-state index in [1.165, 1.54) is 44.2 Å². The van der Waals surface area contributed by atoms with Crippen LogP contribution in [0.3, 0.4) is 0 Å². The molecule has 1 amide bonds. The lowest BCUT2D eigenvalue weighted by molar-refractivity contribution is -0.0187. The molecule has 0 radical (unpaired) electrons. The van der Waals surface area contributed by atoms with Crippen LogP contribution in [0.2, 0.25) is 0 Å². The third kappa shape index (κ3) is 3.83. The van der Waals surface area contributed by atoms with Gasteiger partial charge in [-0.05, 0) is 55.2 Å². The van der Waals surface area contributed by atoms with Gasteiger partial charge >= 0.3 is 0 Å². The average molecular weight is 405 g/mol. The topological polar surface area (TPSA) is 48.5 Å². The number of nitrogens with zero attached hydrogens (tertiary/aromatic N) is 3. The normalized spacial score (nSPS) is 28.6. The van der Waals surface area contributed by atoms with E-state index in [0.29, 0.717) is 29.5 Å². The number of pyridine rings is 1. The van der Waals surface area contributed by atoms with E-state index >= 15 is 0 Å². The van der Waals surface area contributed by atoms with Crippen LogP contribution in [0.15, 0.2) is 48.7 Å². The first-order chi connectivity index (χ1) is 14.7. The van der Waals surface area contributed by atoms with Gasteiger partial charge in [0.2, 0.25) is 0 Å². The molecule has 3 aliphatic rings. The Morgan fingerprint density at radius 3 is 2.83 bits per heavy atom. The molecule has 0 unspecified atom stereocenters. The van der Waals surface area contributed by atoms with Gasteiger partial charge in [0.1, 0.15) is 5.82 Å². The summed E-state index contributed by atoms with van der Waals surface area (Å²) in [6.45, 7) is 3.30. The Kier molecular flexibility index (Phi) is 5.47. The number of benzene rings is 1. The van der Waals surface area contributed by atoms with Crippen molar-refractivity contribution in [2.45, 2.75) is 44.2 Å². The molecular formula is C25H32N4O. The molecule has 158 valence electrons. The SMILES string of the molecule is CNC(=O)c1ccnc(N2C[C@@H]3C[C@H](C2)[C@@H]2CCC[C@H](Cc4ccccc4)N2C3)c1. The molecule has 3 saturated heterocycles. The average Bonchev–Trinajstić information content (AvgIpc) is 2.80. The van der Waals surface area contributed by atoms with E-state index in [9.17, 15) is 4.79 Å². The van der Waals surface area contributed by atoms with Crippen molar-refractivity contribution < 1.29 is 4.79 Å². The number of nitrogens with one attached hydrogen (secondary N) is 1. The lowest BCUT2D eigenvalue weighted by atomic mass is 9.74. The van der Waals surface area contributed by atoms with Crippen LogP contribution >= 0.6 is 0 Å². The second kappa shape index (κ2) is 8.38. The summed E-state index contributed by atoms with van der Waals surface area (Å²) >= 11 is 0. The van der Waals surface area contributed by atoms with Crippen molar-refractivity contribution in [2.75, 3.05) is 31.6 Å². The second-order valence-corrected chi connectivity index (χ2v) is 9.29. The first-order valence-electron chi connectivity index (χ1n) is 11.4. The molecule has 0 aliphatic carbocycles. The molecule has 5 nitrogen and oxygen atoms in total. The summed E-state index contributed by atoms with van der Waals surface area (Å²) in [5.41, 5.74) is 2.16. The number of rotatable bonds is 4. The minimum atomic E-state index is -0.0435. The van der Waals surface area contributed by atoms with E-state index in [-0.39, 0.29) is 5.91 Å². The van der Waals surface area contributed by atoms with Crippen LogP contribution < -0.4 is 10.2 Å². The van der Waals surface area contributed by atoms with Crippen LogP contribution in [0.4, 0.5) is 5.82 Å². The zero-order valence-electron chi connectivity index (χ0n) is 17.8. The van der Waals surface area contributed by atoms with Gasteiger partial charge in [0, 0.05) is 50.5 Å². The second-order valence-electron chi connectivity index (χ2n) is 9.29. The molecule has 3 fully saturated rings. The van der Waals surface area contributed by atoms with E-state index in [0.717, 1.165) is 18.9 Å². The summed E-state index contributed by atoms with van der Waals surface area (Å²) < 4.78 is 0. The van der Waals surface area contributed by atoms with Crippen molar-refractivity contribution in [3.8, 4) is 0 Å². The van der Waals surface area contributed by atoms with E-state index in [1.54, 1.807) is 19.3 Å². The Morgan fingerprint density at radius 2 is 2.00 bits per heavy atom. The van der Waals surface area contributed by atoms with Gasteiger partial charge in [-0.25, -0.2) is 4.98 Å². The zero-order chi connectivity index (χ0) is 20.5. The highest BCUT2D eigenvalue weighted by atomic mass is 16.1. The van der Waals surface area contributed by atoms with Crippen molar-refractivity contribution in [3.05, 3.63) is 59.8 Å². The maximum Gasteiger partial charge on any atom is 0.251 e. The Bertz CT molecular complexity index is 886. The number of fused-ring (bicyclic) bond motifs is 4. The van der Waals surface area contributed by atoms with Crippen LogP contribution in [-0.2, 0) is 6.42 Å². The van der Waals surface area contributed by atoms with Gasteiger partial charge in [0.15, 0.2) is 0 Å². The third-order valence-corrected chi connectivity index (χ3v) is 7.39. The van der Waals surface area contributed by atoms with Crippen molar-refractivity contribution in [3.63, 3.8) is 0 Å². The summed E-state index contributed by atoms with van der Waals surface area (Å²) in [5.74, 6) is 2.29. The minimum Gasteiger partial charge on any atom is -0.356 e. The molecule has 3 aliphatic heterocycles. The molecule has 4 heterocycles. The predicted octanol–water partition coefficient (Wildman–Crippen LogP) is 3.36. The molecule has 1 aromatic carbocycles. The van der Waals surface area contributed by atoms with Gasteiger partial charge < -0.3 is 10.2 Å². The molecule has 1 aromatic heterocycles. The molecule has 1 N–H and O–H groups in total. The molecule has 0 spiro atoms. The highest BCUT2D eigenvalue weighted by molar-refractivity contribution is 5.94. The predicted molar refractivity (Wildman–Crippen MR) is 120 cm³/mol. The summed E-state index contributed by atoms with van der Waals surface area (Å²) in [6, 6.07) is 16.1. The number of hydrogen-bond acceptors (Lipinski definition) is 4. The zero-order valence-corrected chi connectivity index (χ0v) is 17.8. The number of aromatic nitrogens is 1. The molecule has 5 heteroatoms.